The van der Waals surface area contributed by atoms with E-state index in [9.17, 15) is 10.1 Å². The number of nitrogens with zero attached hydrogens (tertiary/aromatic N) is 5. The van der Waals surface area contributed by atoms with E-state index in [2.05, 4.69) is 23.2 Å². The van der Waals surface area contributed by atoms with Gasteiger partial charge < -0.3 is 9.80 Å². The summed E-state index contributed by atoms with van der Waals surface area (Å²) >= 11 is 0. The molecule has 0 radical (unpaired) electrons. The minimum absolute atomic E-state index is 0.0956. The highest BCUT2D eigenvalue weighted by Gasteiger charge is 2.25. The Hall–Kier alpha value is -2.16. The zero-order valence-electron chi connectivity index (χ0n) is 12.9. The molecule has 0 aliphatic carbocycles. The van der Waals surface area contributed by atoms with Gasteiger partial charge in [-0.3, -0.25) is 4.79 Å². The van der Waals surface area contributed by atoms with Crippen molar-refractivity contribution in [1.82, 2.24) is 15.1 Å². The lowest BCUT2D eigenvalue weighted by Crippen LogP contribution is -2.37. The van der Waals surface area contributed by atoms with E-state index in [4.69, 9.17) is 0 Å². The van der Waals surface area contributed by atoms with E-state index in [0.717, 1.165) is 43.7 Å². The van der Waals surface area contributed by atoms with Crippen LogP contribution in [0.1, 0.15) is 36.6 Å². The minimum Gasteiger partial charge on any atom is -0.345 e. The van der Waals surface area contributed by atoms with Crippen LogP contribution in [0.3, 0.4) is 0 Å². The Morgan fingerprint density at radius 1 is 1.29 bits per heavy atom. The Labute approximate surface area is 125 Å². The molecule has 2 rings (SSSR count). The van der Waals surface area contributed by atoms with Crippen LogP contribution < -0.4 is 4.90 Å². The van der Waals surface area contributed by atoms with E-state index in [1.54, 1.807) is 0 Å². The molecule has 1 aliphatic rings. The highest BCUT2D eigenvalue weighted by atomic mass is 16.2. The second-order valence-electron chi connectivity index (χ2n) is 5.38. The Kier molecular flexibility index (Phi) is 4.73. The molecule has 1 fully saturated rings. The Bertz CT molecular complexity index is 578. The summed E-state index contributed by atoms with van der Waals surface area (Å²) in [7, 11) is 0. The average molecular weight is 287 g/mol. The normalized spacial score (nSPS) is 15.8. The summed E-state index contributed by atoms with van der Waals surface area (Å²) in [6.45, 7) is 8.32. The van der Waals surface area contributed by atoms with E-state index >= 15 is 0 Å². The van der Waals surface area contributed by atoms with Crippen molar-refractivity contribution in [3.63, 3.8) is 0 Å². The fourth-order valence-corrected chi connectivity index (χ4v) is 2.56. The van der Waals surface area contributed by atoms with Crippen molar-refractivity contribution in [2.45, 2.75) is 33.6 Å². The number of anilines is 1. The number of carbonyl (C=O) groups excluding carboxylic acids is 1. The van der Waals surface area contributed by atoms with Gasteiger partial charge in [0.2, 0.25) is 5.91 Å². The molecule has 2 heterocycles. The molecule has 0 atom stereocenters. The summed E-state index contributed by atoms with van der Waals surface area (Å²) < 4.78 is 0. The lowest BCUT2D eigenvalue weighted by molar-refractivity contribution is -0.129. The van der Waals surface area contributed by atoms with Crippen LogP contribution in [0, 0.1) is 25.2 Å². The second kappa shape index (κ2) is 6.53. The highest BCUT2D eigenvalue weighted by molar-refractivity contribution is 5.82. The first-order valence-electron chi connectivity index (χ1n) is 7.35. The number of carbonyl (C=O) groups is 1. The SMILES string of the molecule is CCCN1CCCN(c2nnc(C)c(C)c2C#N)CC1=O. The number of hydrogen-bond acceptors (Lipinski definition) is 5. The molecule has 112 valence electrons. The van der Waals surface area contributed by atoms with Gasteiger partial charge in [-0.05, 0) is 32.3 Å². The van der Waals surface area contributed by atoms with Crippen LogP contribution in [0.15, 0.2) is 0 Å². The summed E-state index contributed by atoms with van der Waals surface area (Å²) in [5.74, 6) is 0.630. The van der Waals surface area contributed by atoms with Crippen molar-refractivity contribution in [2.24, 2.45) is 0 Å². The fraction of sp³-hybridized carbons (Fsp3) is 0.600. The summed E-state index contributed by atoms with van der Waals surface area (Å²) in [6.07, 6.45) is 1.84. The van der Waals surface area contributed by atoms with Gasteiger partial charge in [0.25, 0.3) is 0 Å². The molecule has 1 amide bonds. The largest absolute Gasteiger partial charge is 0.345 e. The summed E-state index contributed by atoms with van der Waals surface area (Å²) in [4.78, 5) is 16.1. The zero-order valence-corrected chi connectivity index (χ0v) is 12.9. The van der Waals surface area contributed by atoms with E-state index in [1.807, 2.05) is 23.6 Å². The Morgan fingerprint density at radius 3 is 2.71 bits per heavy atom. The molecular weight excluding hydrogens is 266 g/mol. The molecule has 0 saturated carbocycles. The summed E-state index contributed by atoms with van der Waals surface area (Å²) in [5, 5.41) is 17.7. The van der Waals surface area contributed by atoms with E-state index < -0.39 is 0 Å². The lowest BCUT2D eigenvalue weighted by atomic mass is 10.1. The van der Waals surface area contributed by atoms with Gasteiger partial charge in [-0.2, -0.15) is 10.4 Å². The average Bonchev–Trinajstić information content (AvgIpc) is 2.64. The predicted octanol–water partition coefficient (Wildman–Crippen LogP) is 1.41. The molecule has 0 N–H and O–H groups in total. The third kappa shape index (κ3) is 3.13. The fourth-order valence-electron chi connectivity index (χ4n) is 2.56. The van der Waals surface area contributed by atoms with Gasteiger partial charge in [0.05, 0.1) is 12.2 Å². The first kappa shape index (κ1) is 15.2. The predicted molar refractivity (Wildman–Crippen MR) is 79.9 cm³/mol. The number of nitriles is 1. The third-order valence-electron chi connectivity index (χ3n) is 3.88. The standard InChI is InChI=1S/C15H21N5O/c1-4-6-19-7-5-8-20(10-14(19)21)15-13(9-16)11(2)12(3)17-18-15/h4-8,10H2,1-3H3. The molecule has 21 heavy (non-hydrogen) atoms. The van der Waals surface area contributed by atoms with E-state index in [1.165, 1.54) is 0 Å². The quantitative estimate of drug-likeness (QED) is 0.840. The smallest absolute Gasteiger partial charge is 0.242 e. The van der Waals surface area contributed by atoms with Gasteiger partial charge in [0, 0.05) is 19.6 Å². The van der Waals surface area contributed by atoms with Crippen molar-refractivity contribution in [3.8, 4) is 6.07 Å². The highest BCUT2D eigenvalue weighted by Crippen LogP contribution is 2.22. The zero-order chi connectivity index (χ0) is 15.4. The van der Waals surface area contributed by atoms with Crippen molar-refractivity contribution < 1.29 is 4.79 Å². The maximum atomic E-state index is 12.3. The van der Waals surface area contributed by atoms with Crippen LogP contribution >= 0.6 is 0 Å². The summed E-state index contributed by atoms with van der Waals surface area (Å²) in [5.41, 5.74) is 2.12. The number of aromatic nitrogens is 2. The molecule has 1 aromatic rings. The molecule has 6 heteroatoms. The van der Waals surface area contributed by atoms with Gasteiger partial charge in [-0.25, -0.2) is 0 Å². The molecule has 0 unspecified atom stereocenters. The monoisotopic (exact) mass is 287 g/mol. The van der Waals surface area contributed by atoms with Crippen molar-refractivity contribution in [3.05, 3.63) is 16.8 Å². The molecule has 1 aliphatic heterocycles. The van der Waals surface area contributed by atoms with Gasteiger partial charge in [-0.1, -0.05) is 6.92 Å². The first-order valence-corrected chi connectivity index (χ1v) is 7.35. The van der Waals surface area contributed by atoms with Crippen LogP contribution in [0.4, 0.5) is 5.82 Å². The molecule has 1 aromatic heterocycles. The summed E-state index contributed by atoms with van der Waals surface area (Å²) in [6, 6.07) is 2.20. The van der Waals surface area contributed by atoms with Crippen LogP contribution in [0.5, 0.6) is 0 Å². The van der Waals surface area contributed by atoms with Crippen LogP contribution in [-0.4, -0.2) is 47.2 Å². The maximum absolute atomic E-state index is 12.3. The van der Waals surface area contributed by atoms with Crippen molar-refractivity contribution in [1.29, 1.82) is 5.26 Å². The molecule has 0 aromatic carbocycles. The second-order valence-corrected chi connectivity index (χ2v) is 5.38. The number of amides is 1. The van der Waals surface area contributed by atoms with Gasteiger partial charge in [0.15, 0.2) is 5.82 Å². The Morgan fingerprint density at radius 2 is 2.05 bits per heavy atom. The first-order chi connectivity index (χ1) is 10.1. The lowest BCUT2D eigenvalue weighted by Gasteiger charge is -2.23. The van der Waals surface area contributed by atoms with Gasteiger partial charge >= 0.3 is 0 Å². The van der Waals surface area contributed by atoms with Crippen LogP contribution in [0.2, 0.25) is 0 Å². The molecule has 0 spiro atoms. The van der Waals surface area contributed by atoms with Crippen molar-refractivity contribution >= 4 is 11.7 Å². The third-order valence-corrected chi connectivity index (χ3v) is 3.88. The minimum atomic E-state index is 0.0956. The van der Waals surface area contributed by atoms with Crippen LogP contribution in [-0.2, 0) is 4.79 Å². The number of rotatable bonds is 3. The van der Waals surface area contributed by atoms with E-state index in [0.29, 0.717) is 11.4 Å². The van der Waals surface area contributed by atoms with Gasteiger partial charge in [0.1, 0.15) is 11.6 Å². The maximum Gasteiger partial charge on any atom is 0.242 e. The van der Waals surface area contributed by atoms with Crippen LogP contribution in [0.25, 0.3) is 0 Å². The number of hydrogen-bond donors (Lipinski definition) is 0. The number of aryl methyl sites for hydroxylation is 1. The van der Waals surface area contributed by atoms with E-state index in [-0.39, 0.29) is 12.5 Å². The van der Waals surface area contributed by atoms with Gasteiger partial charge in [-0.15, -0.1) is 5.10 Å². The van der Waals surface area contributed by atoms with Crippen molar-refractivity contribution in [2.75, 3.05) is 31.1 Å². The topological polar surface area (TPSA) is 73.1 Å². The molecule has 6 nitrogen and oxygen atoms in total. The molecular formula is C15H21N5O. The Balaban J connectivity index is 2.29. The molecule has 1 saturated heterocycles. The molecule has 0 bridgehead atoms.